The Hall–Kier alpha value is -2.02. The molecule has 1 aliphatic heterocycles. The molecular weight excluding hydrogens is 350 g/mol. The maximum atomic E-state index is 12.6. The molecular formula is C15H14BrN3O3. The number of aryl methyl sites for hydroxylation is 1. The van der Waals surface area contributed by atoms with Crippen LogP contribution in [0.4, 0.5) is 0 Å². The first-order valence-electron chi connectivity index (χ1n) is 6.93. The van der Waals surface area contributed by atoms with Crippen LogP contribution in [0.15, 0.2) is 21.5 Å². The Morgan fingerprint density at radius 3 is 3.00 bits per heavy atom. The SMILES string of the molecule is COc1cc2ncc3c4c2c(c1Br)OCC(C)n4c(=O)n3C. The van der Waals surface area contributed by atoms with Crippen LogP contribution in [0.5, 0.6) is 11.5 Å². The standard InChI is InChI=1S/C15H14BrN3O3/c1-7-6-22-14-11-8(4-10(21-3)12(14)16)17-5-9-13(11)19(7)15(20)18(9)2/h4-5,7H,6H2,1-3H3. The van der Waals surface area contributed by atoms with E-state index in [-0.39, 0.29) is 11.7 Å². The zero-order valence-electron chi connectivity index (χ0n) is 12.4. The van der Waals surface area contributed by atoms with Gasteiger partial charge in [-0.05, 0) is 22.9 Å². The number of benzene rings is 1. The molecule has 0 spiro atoms. The Morgan fingerprint density at radius 2 is 2.27 bits per heavy atom. The van der Waals surface area contributed by atoms with Crippen molar-refractivity contribution in [1.29, 1.82) is 0 Å². The molecule has 1 unspecified atom stereocenters. The van der Waals surface area contributed by atoms with Crippen molar-refractivity contribution in [2.24, 2.45) is 7.05 Å². The average molecular weight is 364 g/mol. The van der Waals surface area contributed by atoms with Gasteiger partial charge in [0.15, 0.2) is 0 Å². The number of hydrogen-bond donors (Lipinski definition) is 0. The van der Waals surface area contributed by atoms with Crippen LogP contribution < -0.4 is 15.2 Å². The van der Waals surface area contributed by atoms with Crippen LogP contribution in [0.2, 0.25) is 0 Å². The van der Waals surface area contributed by atoms with E-state index in [9.17, 15) is 4.79 Å². The maximum absolute atomic E-state index is 12.6. The first-order valence-corrected chi connectivity index (χ1v) is 7.72. The molecule has 0 saturated heterocycles. The lowest BCUT2D eigenvalue weighted by Crippen LogP contribution is -2.27. The van der Waals surface area contributed by atoms with E-state index in [1.165, 1.54) is 0 Å². The Balaban J connectivity index is 2.32. The quantitative estimate of drug-likeness (QED) is 0.666. The summed E-state index contributed by atoms with van der Waals surface area (Å²) in [6, 6.07) is 1.79. The highest BCUT2D eigenvalue weighted by Gasteiger charge is 2.27. The van der Waals surface area contributed by atoms with Crippen LogP contribution in [0.1, 0.15) is 13.0 Å². The van der Waals surface area contributed by atoms with E-state index in [0.717, 1.165) is 26.4 Å². The van der Waals surface area contributed by atoms with Crippen molar-refractivity contribution < 1.29 is 9.47 Å². The van der Waals surface area contributed by atoms with Gasteiger partial charge in [-0.1, -0.05) is 0 Å². The van der Waals surface area contributed by atoms with Gasteiger partial charge < -0.3 is 9.47 Å². The molecule has 7 heteroatoms. The minimum Gasteiger partial charge on any atom is -0.495 e. The van der Waals surface area contributed by atoms with E-state index >= 15 is 0 Å². The van der Waals surface area contributed by atoms with Gasteiger partial charge in [0.25, 0.3) is 0 Å². The molecule has 1 atom stereocenters. The van der Waals surface area contributed by atoms with Gasteiger partial charge in [-0.2, -0.15) is 0 Å². The normalized spacial score (nSPS) is 17.0. The minimum atomic E-state index is -0.0629. The number of pyridine rings is 1. The highest BCUT2D eigenvalue weighted by Crippen LogP contribution is 2.44. The van der Waals surface area contributed by atoms with Crippen LogP contribution in [0, 0.1) is 0 Å². The third kappa shape index (κ3) is 1.54. The molecule has 22 heavy (non-hydrogen) atoms. The second-order valence-electron chi connectivity index (χ2n) is 5.48. The number of methoxy groups -OCH3 is 1. The number of imidazole rings is 1. The fourth-order valence-corrected chi connectivity index (χ4v) is 3.66. The molecule has 114 valence electrons. The zero-order valence-corrected chi connectivity index (χ0v) is 14.0. The van der Waals surface area contributed by atoms with Crippen molar-refractivity contribution in [2.45, 2.75) is 13.0 Å². The third-order valence-corrected chi connectivity index (χ3v) is 4.95. The summed E-state index contributed by atoms with van der Waals surface area (Å²) >= 11 is 3.55. The van der Waals surface area contributed by atoms with E-state index in [1.54, 1.807) is 29.5 Å². The highest BCUT2D eigenvalue weighted by molar-refractivity contribution is 9.10. The van der Waals surface area contributed by atoms with Gasteiger partial charge in [0.05, 0.1) is 41.3 Å². The number of hydrogen-bond acceptors (Lipinski definition) is 4. The molecule has 2 aromatic heterocycles. The van der Waals surface area contributed by atoms with Crippen molar-refractivity contribution in [3.8, 4) is 11.5 Å². The molecule has 0 N–H and O–H groups in total. The number of ether oxygens (including phenoxy) is 2. The minimum absolute atomic E-state index is 0.0554. The predicted molar refractivity (Wildman–Crippen MR) is 86.9 cm³/mol. The van der Waals surface area contributed by atoms with Gasteiger partial charge in [0.1, 0.15) is 22.6 Å². The molecule has 3 heterocycles. The number of rotatable bonds is 1. The smallest absolute Gasteiger partial charge is 0.329 e. The Morgan fingerprint density at radius 1 is 1.50 bits per heavy atom. The summed E-state index contributed by atoms with van der Waals surface area (Å²) in [5.41, 5.74) is 2.35. The lowest BCUT2D eigenvalue weighted by atomic mass is 10.1. The first kappa shape index (κ1) is 13.6. The molecule has 1 aromatic carbocycles. The van der Waals surface area contributed by atoms with Gasteiger partial charge in [-0.3, -0.25) is 14.1 Å². The van der Waals surface area contributed by atoms with Crippen molar-refractivity contribution >= 4 is 37.9 Å². The van der Waals surface area contributed by atoms with E-state index in [2.05, 4.69) is 20.9 Å². The number of halogens is 1. The summed E-state index contributed by atoms with van der Waals surface area (Å²) in [5.74, 6) is 1.34. The molecule has 0 radical (unpaired) electrons. The highest BCUT2D eigenvalue weighted by atomic mass is 79.9. The second-order valence-corrected chi connectivity index (χ2v) is 6.27. The molecule has 0 amide bonds. The Labute approximate surface area is 134 Å². The van der Waals surface area contributed by atoms with Crippen molar-refractivity contribution in [1.82, 2.24) is 14.1 Å². The van der Waals surface area contributed by atoms with Crippen molar-refractivity contribution in [3.05, 3.63) is 27.2 Å². The lowest BCUT2D eigenvalue weighted by Gasteiger charge is -2.13. The second kappa shape index (κ2) is 4.49. The van der Waals surface area contributed by atoms with Gasteiger partial charge in [-0.15, -0.1) is 0 Å². The molecule has 0 bridgehead atoms. The van der Waals surface area contributed by atoms with E-state index in [4.69, 9.17) is 9.47 Å². The van der Waals surface area contributed by atoms with Crippen LogP contribution in [0.3, 0.4) is 0 Å². The monoisotopic (exact) mass is 363 g/mol. The fraction of sp³-hybridized carbons (Fsp3) is 0.333. The maximum Gasteiger partial charge on any atom is 0.329 e. The molecule has 1 aliphatic rings. The number of aromatic nitrogens is 3. The number of nitrogens with zero attached hydrogens (tertiary/aromatic N) is 3. The van der Waals surface area contributed by atoms with Crippen LogP contribution in [-0.4, -0.2) is 27.8 Å². The van der Waals surface area contributed by atoms with Crippen LogP contribution in [-0.2, 0) is 7.05 Å². The zero-order chi connectivity index (χ0) is 15.6. The average Bonchev–Trinajstić information content (AvgIpc) is 2.67. The van der Waals surface area contributed by atoms with E-state index in [1.807, 2.05) is 13.0 Å². The van der Waals surface area contributed by atoms with Crippen molar-refractivity contribution in [3.63, 3.8) is 0 Å². The Kier molecular flexibility index (Phi) is 2.78. The van der Waals surface area contributed by atoms with Gasteiger partial charge >= 0.3 is 5.69 Å². The summed E-state index contributed by atoms with van der Waals surface area (Å²) in [7, 11) is 3.37. The molecule has 0 saturated carbocycles. The van der Waals surface area contributed by atoms with Crippen LogP contribution >= 0.6 is 15.9 Å². The predicted octanol–water partition coefficient (Wildman–Crippen LogP) is 2.61. The molecule has 4 rings (SSSR count). The largest absolute Gasteiger partial charge is 0.495 e. The van der Waals surface area contributed by atoms with Crippen LogP contribution in [0.25, 0.3) is 21.9 Å². The molecule has 6 nitrogen and oxygen atoms in total. The summed E-state index contributed by atoms with van der Waals surface area (Å²) in [6.07, 6.45) is 1.73. The van der Waals surface area contributed by atoms with Gasteiger partial charge in [0.2, 0.25) is 0 Å². The molecule has 0 aliphatic carbocycles. The summed E-state index contributed by atoms with van der Waals surface area (Å²) < 4.78 is 15.5. The van der Waals surface area contributed by atoms with Crippen molar-refractivity contribution in [2.75, 3.05) is 13.7 Å². The third-order valence-electron chi connectivity index (χ3n) is 4.20. The van der Waals surface area contributed by atoms with Gasteiger partial charge in [0, 0.05) is 13.1 Å². The van der Waals surface area contributed by atoms with E-state index < -0.39 is 0 Å². The fourth-order valence-electron chi connectivity index (χ4n) is 3.07. The summed E-state index contributed by atoms with van der Waals surface area (Å²) in [5, 5.41) is 0.840. The van der Waals surface area contributed by atoms with E-state index in [0.29, 0.717) is 18.1 Å². The Bertz CT molecular complexity index is 990. The summed E-state index contributed by atoms with van der Waals surface area (Å²) in [4.78, 5) is 17.1. The molecule has 3 aromatic rings. The topological polar surface area (TPSA) is 58.3 Å². The molecule has 0 fully saturated rings. The van der Waals surface area contributed by atoms with Gasteiger partial charge in [-0.25, -0.2) is 4.79 Å². The lowest BCUT2D eigenvalue weighted by molar-refractivity contribution is 0.264. The summed E-state index contributed by atoms with van der Waals surface area (Å²) in [6.45, 7) is 2.39. The first-order chi connectivity index (χ1) is 10.5.